The second-order valence-corrected chi connectivity index (χ2v) is 4.99. The zero-order valence-electron chi connectivity index (χ0n) is 7.60. The topological polar surface area (TPSA) is 12.0 Å². The molecule has 1 nitrogen and oxygen atoms in total. The van der Waals surface area contributed by atoms with Crippen LogP contribution in [-0.2, 0) is 0 Å². The number of nitrogens with one attached hydrogen (secondary N) is 1. The minimum absolute atomic E-state index is 0.761. The second kappa shape index (κ2) is 5.04. The molecule has 0 aromatic heterocycles. The number of unbranched alkanes of at least 4 members (excludes halogenated alkanes) is 2. The Morgan fingerprint density at radius 1 is 1.45 bits per heavy atom. The van der Waals surface area contributed by atoms with Crippen molar-refractivity contribution in [3.05, 3.63) is 0 Å². The summed E-state index contributed by atoms with van der Waals surface area (Å²) in [6, 6.07) is 0. The minimum atomic E-state index is 0.761. The Hall–Kier alpha value is 0.310. The summed E-state index contributed by atoms with van der Waals surface area (Å²) in [7, 11) is 0. The summed E-state index contributed by atoms with van der Waals surface area (Å²) in [4.78, 5) is 0. The SMILES string of the molecule is CCCCCC1NCC(C)S1. The van der Waals surface area contributed by atoms with Gasteiger partial charge in [-0.15, -0.1) is 11.8 Å². The average Bonchev–Trinajstić information content (AvgIpc) is 2.37. The van der Waals surface area contributed by atoms with E-state index in [1.54, 1.807) is 0 Å². The Morgan fingerprint density at radius 3 is 2.82 bits per heavy atom. The van der Waals surface area contributed by atoms with E-state index in [9.17, 15) is 0 Å². The summed E-state index contributed by atoms with van der Waals surface area (Å²) < 4.78 is 0. The summed E-state index contributed by atoms with van der Waals surface area (Å²) in [6.45, 7) is 5.77. The van der Waals surface area contributed by atoms with Gasteiger partial charge in [0.2, 0.25) is 0 Å². The second-order valence-electron chi connectivity index (χ2n) is 3.34. The summed E-state index contributed by atoms with van der Waals surface area (Å²) in [6.07, 6.45) is 5.50. The van der Waals surface area contributed by atoms with E-state index in [4.69, 9.17) is 0 Å². The van der Waals surface area contributed by atoms with E-state index in [0.29, 0.717) is 0 Å². The van der Waals surface area contributed by atoms with Gasteiger partial charge in [0.25, 0.3) is 0 Å². The van der Waals surface area contributed by atoms with E-state index in [1.165, 1.54) is 32.2 Å². The Kier molecular flexibility index (Phi) is 4.31. The lowest BCUT2D eigenvalue weighted by Crippen LogP contribution is -2.19. The fourth-order valence-electron chi connectivity index (χ4n) is 1.42. The molecule has 0 aliphatic carbocycles. The van der Waals surface area contributed by atoms with Crippen molar-refractivity contribution in [2.75, 3.05) is 6.54 Å². The molecule has 2 unspecified atom stereocenters. The molecule has 1 aliphatic rings. The third-order valence-electron chi connectivity index (χ3n) is 2.10. The van der Waals surface area contributed by atoms with Gasteiger partial charge in [-0.2, -0.15) is 0 Å². The number of rotatable bonds is 4. The standard InChI is InChI=1S/C9H19NS/c1-3-4-5-6-9-10-7-8(2)11-9/h8-10H,3-7H2,1-2H3. The molecule has 1 aliphatic heterocycles. The first-order chi connectivity index (χ1) is 5.33. The highest BCUT2D eigenvalue weighted by molar-refractivity contribution is 8.00. The van der Waals surface area contributed by atoms with Crippen LogP contribution >= 0.6 is 11.8 Å². The molecular weight excluding hydrogens is 154 g/mol. The van der Waals surface area contributed by atoms with E-state index >= 15 is 0 Å². The summed E-state index contributed by atoms with van der Waals surface area (Å²) in [5.74, 6) is 0. The lowest BCUT2D eigenvalue weighted by molar-refractivity contribution is 0.591. The minimum Gasteiger partial charge on any atom is -0.304 e. The molecule has 1 fully saturated rings. The largest absolute Gasteiger partial charge is 0.304 e. The fourth-order valence-corrected chi connectivity index (χ4v) is 2.67. The molecule has 0 spiro atoms. The van der Waals surface area contributed by atoms with Crippen LogP contribution in [0.2, 0.25) is 0 Å². The smallest absolute Gasteiger partial charge is 0.0535 e. The first-order valence-corrected chi connectivity index (χ1v) is 5.66. The maximum atomic E-state index is 3.53. The van der Waals surface area contributed by atoms with Gasteiger partial charge in [-0.1, -0.05) is 33.1 Å². The van der Waals surface area contributed by atoms with Crippen LogP contribution in [0.4, 0.5) is 0 Å². The van der Waals surface area contributed by atoms with E-state index in [-0.39, 0.29) is 0 Å². The van der Waals surface area contributed by atoms with Crippen LogP contribution in [0.15, 0.2) is 0 Å². The maximum Gasteiger partial charge on any atom is 0.0535 e. The van der Waals surface area contributed by atoms with Gasteiger partial charge < -0.3 is 5.32 Å². The number of hydrogen-bond acceptors (Lipinski definition) is 2. The first kappa shape index (κ1) is 9.40. The van der Waals surface area contributed by atoms with Crippen molar-refractivity contribution in [2.24, 2.45) is 0 Å². The predicted molar refractivity (Wildman–Crippen MR) is 53.0 cm³/mol. The van der Waals surface area contributed by atoms with Crippen molar-refractivity contribution in [1.82, 2.24) is 5.32 Å². The van der Waals surface area contributed by atoms with Gasteiger partial charge >= 0.3 is 0 Å². The zero-order valence-corrected chi connectivity index (χ0v) is 8.41. The highest BCUT2D eigenvalue weighted by Crippen LogP contribution is 2.25. The van der Waals surface area contributed by atoms with Crippen LogP contribution in [0, 0.1) is 0 Å². The zero-order chi connectivity index (χ0) is 8.10. The fraction of sp³-hybridized carbons (Fsp3) is 1.00. The average molecular weight is 173 g/mol. The molecule has 2 heteroatoms. The van der Waals surface area contributed by atoms with E-state index < -0.39 is 0 Å². The van der Waals surface area contributed by atoms with Crippen molar-refractivity contribution < 1.29 is 0 Å². The van der Waals surface area contributed by atoms with E-state index in [0.717, 1.165) is 10.6 Å². The molecule has 0 amide bonds. The van der Waals surface area contributed by atoms with E-state index in [1.807, 2.05) is 0 Å². The van der Waals surface area contributed by atoms with Crippen molar-refractivity contribution in [1.29, 1.82) is 0 Å². The molecule has 66 valence electrons. The Balaban J connectivity index is 1.99. The molecule has 1 saturated heterocycles. The molecule has 1 rings (SSSR count). The van der Waals surface area contributed by atoms with Gasteiger partial charge in [0.05, 0.1) is 5.37 Å². The van der Waals surface area contributed by atoms with Crippen LogP contribution in [0.3, 0.4) is 0 Å². The van der Waals surface area contributed by atoms with Crippen molar-refractivity contribution >= 4 is 11.8 Å². The maximum absolute atomic E-state index is 3.53. The molecule has 0 radical (unpaired) electrons. The first-order valence-electron chi connectivity index (χ1n) is 4.71. The van der Waals surface area contributed by atoms with Crippen molar-refractivity contribution in [3.63, 3.8) is 0 Å². The number of hydrogen-bond donors (Lipinski definition) is 1. The Labute approximate surface area is 74.3 Å². The number of thioether (sulfide) groups is 1. The van der Waals surface area contributed by atoms with Crippen LogP contribution in [-0.4, -0.2) is 17.2 Å². The third-order valence-corrected chi connectivity index (χ3v) is 3.46. The lowest BCUT2D eigenvalue weighted by atomic mass is 10.2. The molecule has 1 heterocycles. The van der Waals surface area contributed by atoms with Crippen LogP contribution in [0.25, 0.3) is 0 Å². The summed E-state index contributed by atoms with van der Waals surface area (Å²) in [5.41, 5.74) is 0. The van der Waals surface area contributed by atoms with Crippen molar-refractivity contribution in [2.45, 2.75) is 50.2 Å². The molecule has 1 N–H and O–H groups in total. The highest BCUT2D eigenvalue weighted by atomic mass is 32.2. The van der Waals surface area contributed by atoms with Gasteiger partial charge in [0.1, 0.15) is 0 Å². The van der Waals surface area contributed by atoms with Gasteiger partial charge in [0, 0.05) is 11.8 Å². The van der Waals surface area contributed by atoms with Gasteiger partial charge in [0.15, 0.2) is 0 Å². The molecule has 0 saturated carbocycles. The summed E-state index contributed by atoms with van der Waals surface area (Å²) in [5, 5.41) is 5.12. The van der Waals surface area contributed by atoms with Gasteiger partial charge in [-0.25, -0.2) is 0 Å². The van der Waals surface area contributed by atoms with Crippen molar-refractivity contribution in [3.8, 4) is 0 Å². The Bertz CT molecular complexity index is 106. The third kappa shape index (κ3) is 3.48. The lowest BCUT2D eigenvalue weighted by Gasteiger charge is -2.07. The quantitative estimate of drug-likeness (QED) is 0.656. The summed E-state index contributed by atoms with van der Waals surface area (Å²) >= 11 is 2.10. The van der Waals surface area contributed by atoms with E-state index in [2.05, 4.69) is 30.9 Å². The normalized spacial score (nSPS) is 31.1. The monoisotopic (exact) mass is 173 g/mol. The molecule has 0 aromatic rings. The Morgan fingerprint density at radius 2 is 2.27 bits per heavy atom. The van der Waals surface area contributed by atoms with Gasteiger partial charge in [-0.3, -0.25) is 0 Å². The molecular formula is C9H19NS. The van der Waals surface area contributed by atoms with Crippen LogP contribution in [0.5, 0.6) is 0 Å². The van der Waals surface area contributed by atoms with Gasteiger partial charge in [-0.05, 0) is 6.42 Å². The molecule has 11 heavy (non-hydrogen) atoms. The highest BCUT2D eigenvalue weighted by Gasteiger charge is 2.19. The molecule has 2 atom stereocenters. The molecule has 0 aromatic carbocycles. The predicted octanol–water partition coefficient (Wildman–Crippen LogP) is 2.62. The van der Waals surface area contributed by atoms with Crippen LogP contribution < -0.4 is 5.32 Å². The van der Waals surface area contributed by atoms with Crippen LogP contribution in [0.1, 0.15) is 39.5 Å². The molecule has 0 bridgehead atoms.